The molecular weight excluding hydrogens is 284 g/mol. The quantitative estimate of drug-likeness (QED) is 0.906. The van der Waals surface area contributed by atoms with Crippen molar-refractivity contribution in [3.05, 3.63) is 29.8 Å². The molecule has 1 aliphatic heterocycles. The third-order valence-electron chi connectivity index (χ3n) is 4.47. The second-order valence-corrected chi connectivity index (χ2v) is 8.53. The van der Waals surface area contributed by atoms with Gasteiger partial charge in [-0.1, -0.05) is 32.0 Å². The number of rotatable bonds is 5. The number of hydrogen-bond donors (Lipinski definition) is 1. The lowest BCUT2D eigenvalue weighted by molar-refractivity contribution is 0.350. The van der Waals surface area contributed by atoms with Crippen LogP contribution in [0.5, 0.6) is 0 Å². The van der Waals surface area contributed by atoms with Crippen molar-refractivity contribution in [2.24, 2.45) is 0 Å². The Bertz CT molecular complexity index is 586. The highest BCUT2D eigenvalue weighted by atomic mass is 32.2. The van der Waals surface area contributed by atoms with Gasteiger partial charge in [0.25, 0.3) is 0 Å². The maximum atomic E-state index is 11.8. The van der Waals surface area contributed by atoms with E-state index in [1.165, 1.54) is 5.56 Å². The Morgan fingerprint density at radius 1 is 1.29 bits per heavy atom. The second kappa shape index (κ2) is 6.36. The van der Waals surface area contributed by atoms with Gasteiger partial charge in [0, 0.05) is 36.6 Å². The molecule has 0 radical (unpaired) electrons. The predicted molar refractivity (Wildman–Crippen MR) is 88.5 cm³/mol. The van der Waals surface area contributed by atoms with Gasteiger partial charge in [-0.15, -0.1) is 0 Å². The summed E-state index contributed by atoms with van der Waals surface area (Å²) in [6.07, 6.45) is 1.01. The Morgan fingerprint density at radius 2 is 2.00 bits per heavy atom. The molecule has 1 aliphatic rings. The zero-order valence-corrected chi connectivity index (χ0v) is 14.0. The summed E-state index contributed by atoms with van der Waals surface area (Å²) in [6.45, 7) is 8.31. The summed E-state index contributed by atoms with van der Waals surface area (Å²) in [4.78, 5) is 2.23. The molecule has 1 heterocycles. The average molecular weight is 310 g/mol. The van der Waals surface area contributed by atoms with Crippen LogP contribution in [-0.2, 0) is 16.4 Å². The van der Waals surface area contributed by atoms with Crippen LogP contribution in [0.1, 0.15) is 32.8 Å². The number of anilines is 1. The van der Waals surface area contributed by atoms with E-state index < -0.39 is 9.84 Å². The number of nitrogens with one attached hydrogen (secondary N) is 1. The van der Waals surface area contributed by atoms with Crippen molar-refractivity contribution in [3.63, 3.8) is 0 Å². The van der Waals surface area contributed by atoms with Gasteiger partial charge in [0.2, 0.25) is 0 Å². The Labute approximate surface area is 128 Å². The number of nitrogens with zero attached hydrogens (tertiary/aromatic N) is 1. The molecule has 2 rings (SSSR count). The molecule has 0 bridgehead atoms. The third-order valence-corrected chi connectivity index (χ3v) is 6.15. The van der Waals surface area contributed by atoms with E-state index in [2.05, 4.69) is 36.2 Å². The topological polar surface area (TPSA) is 49.4 Å². The lowest BCUT2D eigenvalue weighted by Gasteiger charge is -2.34. The molecule has 1 aromatic carbocycles. The van der Waals surface area contributed by atoms with Crippen molar-refractivity contribution < 1.29 is 8.42 Å². The van der Waals surface area contributed by atoms with Gasteiger partial charge in [0.05, 0.1) is 5.75 Å². The molecule has 0 fully saturated rings. The van der Waals surface area contributed by atoms with Crippen molar-refractivity contribution in [2.45, 2.75) is 39.3 Å². The minimum atomic E-state index is -2.94. The standard InChI is InChI=1S/C16H26N2O2S/c1-4-16(3)13-18(10-11-21(19,20)5-2)15-9-7-6-8-14(15)12-17-16/h6-9,17H,4-5,10-13H2,1-3H3. The highest BCUT2D eigenvalue weighted by molar-refractivity contribution is 7.91. The number of hydrogen-bond acceptors (Lipinski definition) is 4. The molecule has 21 heavy (non-hydrogen) atoms. The fourth-order valence-corrected chi connectivity index (χ4v) is 3.46. The summed E-state index contributed by atoms with van der Waals surface area (Å²) in [5, 5.41) is 3.61. The molecule has 1 N–H and O–H groups in total. The molecule has 4 nitrogen and oxygen atoms in total. The average Bonchev–Trinajstić information content (AvgIpc) is 2.64. The number of sulfone groups is 1. The van der Waals surface area contributed by atoms with Crippen LogP contribution in [0.4, 0.5) is 5.69 Å². The van der Waals surface area contributed by atoms with Crippen LogP contribution in [0, 0.1) is 0 Å². The predicted octanol–water partition coefficient (Wildman–Crippen LogP) is 2.20. The lowest BCUT2D eigenvalue weighted by Crippen LogP contribution is -2.49. The molecule has 1 aromatic rings. The van der Waals surface area contributed by atoms with Crippen LogP contribution in [0.3, 0.4) is 0 Å². The first kappa shape index (κ1) is 16.3. The van der Waals surface area contributed by atoms with Crippen LogP contribution in [0.25, 0.3) is 0 Å². The maximum absolute atomic E-state index is 11.8. The SMILES string of the molecule is CCC1(C)CN(CCS(=O)(=O)CC)c2ccccc2CN1. The van der Waals surface area contributed by atoms with Crippen LogP contribution in [0.15, 0.2) is 24.3 Å². The van der Waals surface area contributed by atoms with E-state index in [0.717, 1.165) is 25.2 Å². The van der Waals surface area contributed by atoms with Crippen LogP contribution < -0.4 is 10.2 Å². The maximum Gasteiger partial charge on any atom is 0.151 e. The van der Waals surface area contributed by atoms with Crippen molar-refractivity contribution in [1.82, 2.24) is 5.32 Å². The van der Waals surface area contributed by atoms with Crippen molar-refractivity contribution in [1.29, 1.82) is 0 Å². The molecule has 1 atom stereocenters. The van der Waals surface area contributed by atoms with Gasteiger partial charge in [-0.2, -0.15) is 0 Å². The van der Waals surface area contributed by atoms with Crippen molar-refractivity contribution >= 4 is 15.5 Å². The Kier molecular flexibility index (Phi) is 4.94. The van der Waals surface area contributed by atoms with E-state index in [-0.39, 0.29) is 17.0 Å². The van der Waals surface area contributed by atoms with Crippen molar-refractivity contribution in [2.75, 3.05) is 29.5 Å². The van der Waals surface area contributed by atoms with E-state index in [9.17, 15) is 8.42 Å². The first-order chi connectivity index (χ1) is 9.89. The summed E-state index contributed by atoms with van der Waals surface area (Å²) in [5.74, 6) is 0.434. The molecule has 0 aliphatic carbocycles. The lowest BCUT2D eigenvalue weighted by atomic mass is 9.98. The first-order valence-corrected chi connectivity index (χ1v) is 9.49. The van der Waals surface area contributed by atoms with Gasteiger partial charge in [-0.25, -0.2) is 8.42 Å². The summed E-state index contributed by atoms with van der Waals surface area (Å²) in [7, 11) is -2.94. The molecule has 0 spiro atoms. The minimum absolute atomic E-state index is 0.00893. The van der Waals surface area contributed by atoms with Gasteiger partial charge < -0.3 is 10.2 Å². The largest absolute Gasteiger partial charge is 0.368 e. The van der Waals surface area contributed by atoms with E-state index >= 15 is 0 Å². The number of para-hydroxylation sites is 1. The minimum Gasteiger partial charge on any atom is -0.368 e. The Morgan fingerprint density at radius 3 is 2.67 bits per heavy atom. The normalized spacial score (nSPS) is 22.7. The van der Waals surface area contributed by atoms with Gasteiger partial charge in [0.15, 0.2) is 9.84 Å². The Balaban J connectivity index is 2.26. The fraction of sp³-hybridized carbons (Fsp3) is 0.625. The van der Waals surface area contributed by atoms with E-state index in [4.69, 9.17) is 0 Å². The van der Waals surface area contributed by atoms with Gasteiger partial charge in [0.1, 0.15) is 0 Å². The van der Waals surface area contributed by atoms with Crippen LogP contribution >= 0.6 is 0 Å². The van der Waals surface area contributed by atoms with Gasteiger partial charge in [-0.3, -0.25) is 0 Å². The molecule has 5 heteroatoms. The molecule has 1 unspecified atom stereocenters. The van der Waals surface area contributed by atoms with E-state index in [1.54, 1.807) is 6.92 Å². The van der Waals surface area contributed by atoms with Crippen LogP contribution in [0.2, 0.25) is 0 Å². The Hall–Kier alpha value is -1.07. The fourth-order valence-electron chi connectivity index (χ4n) is 2.67. The van der Waals surface area contributed by atoms with Gasteiger partial charge >= 0.3 is 0 Å². The zero-order valence-electron chi connectivity index (χ0n) is 13.2. The molecular formula is C16H26N2O2S. The second-order valence-electron chi connectivity index (χ2n) is 6.05. The van der Waals surface area contributed by atoms with E-state index in [1.807, 2.05) is 12.1 Å². The summed E-state index contributed by atoms with van der Waals surface area (Å²) in [6, 6.07) is 8.27. The van der Waals surface area contributed by atoms with Gasteiger partial charge in [-0.05, 0) is 25.0 Å². The highest BCUT2D eigenvalue weighted by Crippen LogP contribution is 2.27. The number of benzene rings is 1. The third kappa shape index (κ3) is 3.98. The molecule has 118 valence electrons. The molecule has 0 saturated heterocycles. The highest BCUT2D eigenvalue weighted by Gasteiger charge is 2.29. The van der Waals surface area contributed by atoms with E-state index in [0.29, 0.717) is 6.54 Å². The molecule has 0 amide bonds. The number of fused-ring (bicyclic) bond motifs is 1. The van der Waals surface area contributed by atoms with Crippen LogP contribution in [-0.4, -0.2) is 38.6 Å². The monoisotopic (exact) mass is 310 g/mol. The first-order valence-electron chi connectivity index (χ1n) is 7.67. The summed E-state index contributed by atoms with van der Waals surface area (Å²) >= 11 is 0. The smallest absolute Gasteiger partial charge is 0.151 e. The summed E-state index contributed by atoms with van der Waals surface area (Å²) in [5.41, 5.74) is 2.41. The molecule has 0 saturated carbocycles. The van der Waals surface area contributed by atoms with Crippen molar-refractivity contribution in [3.8, 4) is 0 Å². The molecule has 0 aromatic heterocycles. The zero-order chi connectivity index (χ0) is 15.5. The summed E-state index contributed by atoms with van der Waals surface area (Å²) < 4.78 is 23.7.